The van der Waals surface area contributed by atoms with Crippen LogP contribution in [0.15, 0.2) is 42.5 Å². The highest BCUT2D eigenvalue weighted by Gasteiger charge is 2.17. The summed E-state index contributed by atoms with van der Waals surface area (Å²) in [5, 5.41) is 0. The third-order valence-electron chi connectivity index (χ3n) is 4.35. The number of ether oxygens (including phenoxy) is 2. The molecule has 0 bridgehead atoms. The van der Waals surface area contributed by atoms with Crippen LogP contribution in [0, 0.1) is 6.92 Å². The quantitative estimate of drug-likeness (QED) is 0.443. The molecular weight excluding hydrogens is 366 g/mol. The predicted molar refractivity (Wildman–Crippen MR) is 116 cm³/mol. The molecule has 0 N–H and O–H groups in total. The van der Waals surface area contributed by atoms with Gasteiger partial charge in [0.25, 0.3) is 0 Å². The van der Waals surface area contributed by atoms with Gasteiger partial charge in [-0.15, -0.1) is 0 Å². The Balaban J connectivity index is 2.15. The highest BCUT2D eigenvalue weighted by Crippen LogP contribution is 2.23. The zero-order valence-electron chi connectivity index (χ0n) is 18.0. The number of carbonyl (C=O) groups excluding carboxylic acids is 2. The number of hydrogen-bond acceptors (Lipinski definition) is 5. The van der Waals surface area contributed by atoms with Gasteiger partial charge in [0.2, 0.25) is 0 Å². The highest BCUT2D eigenvalue weighted by atomic mass is 16.6. The Morgan fingerprint density at radius 3 is 2.38 bits per heavy atom. The van der Waals surface area contributed by atoms with E-state index in [1.807, 2.05) is 64.1 Å². The summed E-state index contributed by atoms with van der Waals surface area (Å²) in [5.41, 5.74) is 3.28. The lowest BCUT2D eigenvalue weighted by Crippen LogP contribution is -2.27. The highest BCUT2D eigenvalue weighted by molar-refractivity contribution is 5.78. The van der Waals surface area contributed by atoms with Crippen molar-refractivity contribution in [2.45, 2.75) is 52.7 Å². The maximum atomic E-state index is 12.1. The average Bonchev–Trinajstić information content (AvgIpc) is 2.65. The van der Waals surface area contributed by atoms with E-state index in [4.69, 9.17) is 9.47 Å². The van der Waals surface area contributed by atoms with Gasteiger partial charge in [-0.2, -0.15) is 0 Å². The van der Waals surface area contributed by atoms with Crippen LogP contribution < -0.4 is 9.64 Å². The Bertz CT molecular complexity index is 822. The summed E-state index contributed by atoms with van der Waals surface area (Å²) in [5.74, 6) is 0.615. The van der Waals surface area contributed by atoms with Gasteiger partial charge in [-0.1, -0.05) is 12.1 Å². The van der Waals surface area contributed by atoms with Gasteiger partial charge in [-0.05, 0) is 75.6 Å². The molecule has 0 amide bonds. The third kappa shape index (κ3) is 7.60. The van der Waals surface area contributed by atoms with E-state index in [1.165, 1.54) is 0 Å². The van der Waals surface area contributed by atoms with Crippen LogP contribution in [0.2, 0.25) is 0 Å². The maximum absolute atomic E-state index is 12.1. The molecule has 0 saturated carbocycles. The number of hydrogen-bond donors (Lipinski definition) is 0. The van der Waals surface area contributed by atoms with E-state index in [-0.39, 0.29) is 5.97 Å². The number of methoxy groups -OCH3 is 1. The Morgan fingerprint density at radius 2 is 1.79 bits per heavy atom. The lowest BCUT2D eigenvalue weighted by Gasteiger charge is -2.26. The molecule has 0 saturated heterocycles. The largest absolute Gasteiger partial charge is 0.497 e. The second-order valence-electron chi connectivity index (χ2n) is 8.18. The van der Waals surface area contributed by atoms with Crippen molar-refractivity contribution < 1.29 is 19.1 Å². The molecule has 0 fully saturated rings. The monoisotopic (exact) mass is 397 g/mol. The first-order valence-electron chi connectivity index (χ1n) is 9.87. The summed E-state index contributed by atoms with van der Waals surface area (Å²) < 4.78 is 10.6. The number of esters is 1. The molecule has 0 spiro atoms. The lowest BCUT2D eigenvalue weighted by molar-refractivity contribution is -0.154. The van der Waals surface area contributed by atoms with Crippen molar-refractivity contribution in [1.82, 2.24) is 0 Å². The molecule has 0 heterocycles. The van der Waals surface area contributed by atoms with Gasteiger partial charge >= 0.3 is 5.97 Å². The average molecular weight is 398 g/mol. The Hall–Kier alpha value is -2.82. The van der Waals surface area contributed by atoms with E-state index >= 15 is 0 Å². The number of aryl methyl sites for hydroxylation is 1. The molecule has 156 valence electrons. The van der Waals surface area contributed by atoms with E-state index in [2.05, 4.69) is 11.0 Å². The van der Waals surface area contributed by atoms with E-state index < -0.39 is 5.60 Å². The fraction of sp³-hybridized carbons (Fsp3) is 0.417. The molecule has 0 atom stereocenters. The zero-order valence-corrected chi connectivity index (χ0v) is 18.0. The van der Waals surface area contributed by atoms with Crippen molar-refractivity contribution in [2.24, 2.45) is 0 Å². The van der Waals surface area contributed by atoms with E-state index in [9.17, 15) is 9.59 Å². The second-order valence-corrected chi connectivity index (χ2v) is 8.18. The number of anilines is 1. The lowest BCUT2D eigenvalue weighted by atomic mass is 10.1. The molecule has 5 nitrogen and oxygen atoms in total. The molecule has 2 aromatic rings. The Labute approximate surface area is 173 Å². The molecule has 0 radical (unpaired) electrons. The summed E-state index contributed by atoms with van der Waals surface area (Å²) in [6.45, 7) is 8.92. The number of aldehydes is 1. The number of rotatable bonds is 9. The van der Waals surface area contributed by atoms with Crippen LogP contribution in [-0.4, -0.2) is 31.5 Å². The topological polar surface area (TPSA) is 55.8 Å². The SMILES string of the molecule is COc1ccc(CN(CCCC(=O)OC(C)(C)C)c2cc(C)cc(C=O)c2)cc1. The fourth-order valence-electron chi connectivity index (χ4n) is 3.10. The first-order valence-corrected chi connectivity index (χ1v) is 9.87. The molecule has 2 rings (SSSR count). The summed E-state index contributed by atoms with van der Waals surface area (Å²) in [4.78, 5) is 25.6. The first-order chi connectivity index (χ1) is 13.7. The molecule has 0 unspecified atom stereocenters. The van der Waals surface area contributed by atoms with Gasteiger partial charge in [0, 0.05) is 30.8 Å². The number of benzene rings is 2. The van der Waals surface area contributed by atoms with Gasteiger partial charge < -0.3 is 14.4 Å². The van der Waals surface area contributed by atoms with Crippen molar-refractivity contribution in [1.29, 1.82) is 0 Å². The van der Waals surface area contributed by atoms with Gasteiger partial charge in [0.15, 0.2) is 0 Å². The molecule has 0 aliphatic rings. The summed E-state index contributed by atoms with van der Waals surface area (Å²) >= 11 is 0. The van der Waals surface area contributed by atoms with Crippen LogP contribution in [0.3, 0.4) is 0 Å². The van der Waals surface area contributed by atoms with Crippen LogP contribution in [-0.2, 0) is 16.1 Å². The Morgan fingerprint density at radius 1 is 1.10 bits per heavy atom. The summed E-state index contributed by atoms with van der Waals surface area (Å²) in [7, 11) is 1.64. The minimum absolute atomic E-state index is 0.195. The molecular formula is C24H31NO4. The van der Waals surface area contributed by atoms with Gasteiger partial charge in [0.05, 0.1) is 7.11 Å². The Kier molecular flexibility index (Phi) is 7.82. The molecule has 2 aromatic carbocycles. The minimum Gasteiger partial charge on any atom is -0.497 e. The minimum atomic E-state index is -0.477. The van der Waals surface area contributed by atoms with E-state index in [0.717, 1.165) is 28.8 Å². The van der Waals surface area contributed by atoms with Crippen LogP contribution in [0.25, 0.3) is 0 Å². The van der Waals surface area contributed by atoms with E-state index in [0.29, 0.717) is 31.5 Å². The molecule has 0 aromatic heterocycles. The van der Waals surface area contributed by atoms with E-state index in [1.54, 1.807) is 7.11 Å². The normalized spacial score (nSPS) is 11.1. The standard InChI is InChI=1S/C24H31NO4/c1-18-13-20(17-26)15-21(14-18)25(12-6-7-23(27)29-24(2,3)4)16-19-8-10-22(28-5)11-9-19/h8-11,13-15,17H,6-7,12,16H2,1-5H3. The van der Waals surface area contributed by atoms with Crippen LogP contribution >= 0.6 is 0 Å². The van der Waals surface area contributed by atoms with Crippen molar-refractivity contribution in [3.05, 3.63) is 59.2 Å². The van der Waals surface area contributed by atoms with Crippen molar-refractivity contribution in [2.75, 3.05) is 18.6 Å². The van der Waals surface area contributed by atoms with Gasteiger partial charge in [-0.25, -0.2) is 0 Å². The van der Waals surface area contributed by atoms with Crippen LogP contribution in [0.5, 0.6) is 5.75 Å². The summed E-state index contributed by atoms with van der Waals surface area (Å²) in [6, 6.07) is 13.7. The number of carbonyl (C=O) groups is 2. The fourth-order valence-corrected chi connectivity index (χ4v) is 3.10. The molecule has 29 heavy (non-hydrogen) atoms. The van der Waals surface area contributed by atoms with Gasteiger partial charge in [0.1, 0.15) is 17.6 Å². The first kappa shape index (κ1) is 22.5. The maximum Gasteiger partial charge on any atom is 0.306 e. The van der Waals surface area contributed by atoms with Crippen molar-refractivity contribution in [3.8, 4) is 5.75 Å². The molecule has 0 aliphatic carbocycles. The smallest absolute Gasteiger partial charge is 0.306 e. The summed E-state index contributed by atoms with van der Waals surface area (Å²) in [6.07, 6.45) is 1.88. The van der Waals surface area contributed by atoms with Crippen molar-refractivity contribution in [3.63, 3.8) is 0 Å². The predicted octanol–water partition coefficient (Wildman–Crippen LogP) is 4.94. The molecule has 0 aliphatic heterocycles. The van der Waals surface area contributed by atoms with Crippen LogP contribution in [0.4, 0.5) is 5.69 Å². The third-order valence-corrected chi connectivity index (χ3v) is 4.35. The van der Waals surface area contributed by atoms with Crippen LogP contribution in [0.1, 0.15) is 55.1 Å². The second kappa shape index (κ2) is 10.1. The van der Waals surface area contributed by atoms with Crippen molar-refractivity contribution >= 4 is 17.9 Å². The molecule has 5 heteroatoms. The zero-order chi connectivity index (χ0) is 21.4. The van der Waals surface area contributed by atoms with Gasteiger partial charge in [-0.3, -0.25) is 9.59 Å². The number of nitrogens with zero attached hydrogens (tertiary/aromatic N) is 1.